The summed E-state index contributed by atoms with van der Waals surface area (Å²) in [6, 6.07) is 0. The van der Waals surface area contributed by atoms with Crippen LogP contribution < -0.4 is 0 Å². The summed E-state index contributed by atoms with van der Waals surface area (Å²) in [6.07, 6.45) is 55.2. The predicted molar refractivity (Wildman–Crippen MR) is 280 cm³/mol. The number of carbonyl (C=O) groups is 3. The van der Waals surface area contributed by atoms with Gasteiger partial charge in [-0.25, -0.2) is 0 Å². The minimum Gasteiger partial charge on any atom is -0.462 e. The Hall–Kier alpha value is -1.59. The molecule has 0 fully saturated rings. The molecule has 0 aliphatic rings. The van der Waals surface area contributed by atoms with Crippen LogP contribution in [0.3, 0.4) is 0 Å². The van der Waals surface area contributed by atoms with Crippen LogP contribution in [0.15, 0.2) is 0 Å². The Labute approximate surface area is 406 Å². The van der Waals surface area contributed by atoms with Gasteiger partial charge < -0.3 is 14.2 Å². The molecule has 0 aromatic rings. The molecule has 0 aromatic carbocycles. The standard InChI is InChI=1S/C59H114O6/c1-6-8-9-10-11-12-13-14-15-16-17-18-22-25-28-34-39-44-49-57(60)63-52-56(65-59(62)51-46-41-36-31-30-33-38-43-48-55(5)7-2)53-64-58(61)50-45-40-35-29-26-23-20-19-21-24-27-32-37-42-47-54(3)4/h54-56H,6-53H2,1-5H3/t55?,56-/m1/s1. The molecule has 0 N–H and O–H groups in total. The maximum atomic E-state index is 12.8. The maximum absolute atomic E-state index is 12.8. The summed E-state index contributed by atoms with van der Waals surface area (Å²) in [6.45, 7) is 11.4. The second kappa shape index (κ2) is 51.8. The lowest BCUT2D eigenvalue weighted by atomic mass is 9.99. The molecule has 0 aromatic heterocycles. The number of unbranched alkanes of at least 4 members (excludes halogenated alkanes) is 37. The smallest absolute Gasteiger partial charge is 0.306 e. The van der Waals surface area contributed by atoms with E-state index in [4.69, 9.17) is 14.2 Å². The number of carbonyl (C=O) groups excluding carboxylic acids is 3. The molecule has 0 rings (SSSR count). The summed E-state index contributed by atoms with van der Waals surface area (Å²) in [7, 11) is 0. The number of esters is 3. The first kappa shape index (κ1) is 63.4. The summed E-state index contributed by atoms with van der Waals surface area (Å²) < 4.78 is 16.9. The fraction of sp³-hybridized carbons (Fsp3) is 0.949. The molecule has 0 spiro atoms. The van der Waals surface area contributed by atoms with Gasteiger partial charge in [0.25, 0.3) is 0 Å². The van der Waals surface area contributed by atoms with E-state index in [1.807, 2.05) is 0 Å². The molecule has 0 amide bonds. The molecule has 0 heterocycles. The molecule has 0 bridgehead atoms. The highest BCUT2D eigenvalue weighted by molar-refractivity contribution is 5.71. The number of hydrogen-bond donors (Lipinski definition) is 0. The lowest BCUT2D eigenvalue weighted by Gasteiger charge is -2.18. The van der Waals surface area contributed by atoms with Crippen LogP contribution in [0, 0.1) is 11.8 Å². The van der Waals surface area contributed by atoms with E-state index in [0.717, 1.165) is 69.6 Å². The molecule has 0 saturated heterocycles. The van der Waals surface area contributed by atoms with Gasteiger partial charge in [-0.2, -0.15) is 0 Å². The van der Waals surface area contributed by atoms with E-state index in [1.54, 1.807) is 0 Å². The van der Waals surface area contributed by atoms with Crippen LogP contribution in [-0.4, -0.2) is 37.2 Å². The molecule has 6 nitrogen and oxygen atoms in total. The zero-order valence-corrected chi connectivity index (χ0v) is 44.6. The van der Waals surface area contributed by atoms with E-state index in [-0.39, 0.29) is 31.1 Å². The summed E-state index contributed by atoms with van der Waals surface area (Å²) >= 11 is 0. The fourth-order valence-corrected chi connectivity index (χ4v) is 9.02. The van der Waals surface area contributed by atoms with Gasteiger partial charge in [-0.3, -0.25) is 14.4 Å². The van der Waals surface area contributed by atoms with Crippen LogP contribution in [0.5, 0.6) is 0 Å². The van der Waals surface area contributed by atoms with Gasteiger partial charge in [0.2, 0.25) is 0 Å². The average Bonchev–Trinajstić information content (AvgIpc) is 3.29. The van der Waals surface area contributed by atoms with Crippen molar-refractivity contribution in [1.29, 1.82) is 0 Å². The van der Waals surface area contributed by atoms with E-state index >= 15 is 0 Å². The van der Waals surface area contributed by atoms with E-state index < -0.39 is 6.10 Å². The SMILES string of the molecule is CCCCCCCCCCCCCCCCCCCCC(=O)OC[C@H](COC(=O)CCCCCCCCCCCCCCCCC(C)C)OC(=O)CCCCCCCCCCC(C)CC. The molecule has 2 atom stereocenters. The van der Waals surface area contributed by atoms with E-state index in [9.17, 15) is 14.4 Å². The van der Waals surface area contributed by atoms with Crippen molar-refractivity contribution in [3.63, 3.8) is 0 Å². The van der Waals surface area contributed by atoms with Crippen molar-refractivity contribution < 1.29 is 28.6 Å². The largest absolute Gasteiger partial charge is 0.462 e. The Kier molecular flexibility index (Phi) is 50.5. The third-order valence-electron chi connectivity index (χ3n) is 13.8. The molecular formula is C59H114O6. The van der Waals surface area contributed by atoms with Crippen LogP contribution in [0.4, 0.5) is 0 Å². The quantitative estimate of drug-likeness (QED) is 0.0344. The van der Waals surface area contributed by atoms with Gasteiger partial charge in [-0.05, 0) is 31.1 Å². The topological polar surface area (TPSA) is 78.9 Å². The highest BCUT2D eigenvalue weighted by Crippen LogP contribution is 2.19. The average molecular weight is 920 g/mol. The third kappa shape index (κ3) is 51.6. The van der Waals surface area contributed by atoms with Crippen LogP contribution in [0.1, 0.15) is 330 Å². The lowest BCUT2D eigenvalue weighted by Crippen LogP contribution is -2.30. The van der Waals surface area contributed by atoms with Gasteiger partial charge >= 0.3 is 17.9 Å². The first-order valence-corrected chi connectivity index (χ1v) is 29.3. The number of ether oxygens (including phenoxy) is 3. The van der Waals surface area contributed by atoms with Gasteiger partial charge in [0.15, 0.2) is 6.10 Å². The molecule has 6 heteroatoms. The lowest BCUT2D eigenvalue weighted by molar-refractivity contribution is -0.167. The summed E-state index contributed by atoms with van der Waals surface area (Å²) in [5.74, 6) is 0.848. The van der Waals surface area contributed by atoms with Gasteiger partial charge in [-0.15, -0.1) is 0 Å². The van der Waals surface area contributed by atoms with Crippen molar-refractivity contribution in [2.24, 2.45) is 11.8 Å². The molecule has 0 aliphatic carbocycles. The highest BCUT2D eigenvalue weighted by atomic mass is 16.6. The third-order valence-corrected chi connectivity index (χ3v) is 13.8. The summed E-state index contributed by atoms with van der Waals surface area (Å²) in [5.41, 5.74) is 0. The highest BCUT2D eigenvalue weighted by Gasteiger charge is 2.19. The Balaban J connectivity index is 4.26. The summed E-state index contributed by atoms with van der Waals surface area (Å²) in [5, 5.41) is 0. The number of hydrogen-bond acceptors (Lipinski definition) is 6. The normalized spacial score (nSPS) is 12.5. The first-order chi connectivity index (χ1) is 31.8. The molecule has 0 aliphatic heterocycles. The van der Waals surface area contributed by atoms with Crippen molar-refractivity contribution in [3.8, 4) is 0 Å². The minimum absolute atomic E-state index is 0.0631. The van der Waals surface area contributed by atoms with Gasteiger partial charge in [0.05, 0.1) is 0 Å². The predicted octanol–water partition coefficient (Wildman–Crippen LogP) is 19.3. The van der Waals surface area contributed by atoms with Crippen molar-refractivity contribution >= 4 is 17.9 Å². The zero-order valence-electron chi connectivity index (χ0n) is 44.6. The molecular weight excluding hydrogens is 805 g/mol. The minimum atomic E-state index is -0.763. The molecule has 1 unspecified atom stereocenters. The van der Waals surface area contributed by atoms with Crippen molar-refractivity contribution in [1.82, 2.24) is 0 Å². The van der Waals surface area contributed by atoms with Crippen molar-refractivity contribution in [2.45, 2.75) is 336 Å². The molecule has 65 heavy (non-hydrogen) atoms. The van der Waals surface area contributed by atoms with Gasteiger partial charge in [-0.1, -0.05) is 291 Å². The van der Waals surface area contributed by atoms with Gasteiger partial charge in [0.1, 0.15) is 13.2 Å². The Morgan fingerprint density at radius 3 is 0.877 bits per heavy atom. The first-order valence-electron chi connectivity index (χ1n) is 29.3. The molecule has 0 radical (unpaired) electrons. The fourth-order valence-electron chi connectivity index (χ4n) is 9.02. The number of rotatable bonds is 53. The molecule has 0 saturated carbocycles. The zero-order chi connectivity index (χ0) is 47.5. The Morgan fingerprint density at radius 1 is 0.323 bits per heavy atom. The second-order valence-electron chi connectivity index (χ2n) is 21.0. The molecule has 386 valence electrons. The van der Waals surface area contributed by atoms with Crippen molar-refractivity contribution in [3.05, 3.63) is 0 Å². The van der Waals surface area contributed by atoms with E-state index in [0.29, 0.717) is 19.3 Å². The maximum Gasteiger partial charge on any atom is 0.306 e. The van der Waals surface area contributed by atoms with Crippen LogP contribution in [-0.2, 0) is 28.6 Å². The van der Waals surface area contributed by atoms with E-state index in [1.165, 1.54) is 218 Å². The van der Waals surface area contributed by atoms with Crippen LogP contribution in [0.2, 0.25) is 0 Å². The summed E-state index contributed by atoms with van der Waals surface area (Å²) in [4.78, 5) is 38.1. The monoisotopic (exact) mass is 919 g/mol. The van der Waals surface area contributed by atoms with Gasteiger partial charge in [0, 0.05) is 19.3 Å². The van der Waals surface area contributed by atoms with Crippen LogP contribution >= 0.6 is 0 Å². The second-order valence-corrected chi connectivity index (χ2v) is 21.0. The Bertz CT molecular complexity index is 995. The van der Waals surface area contributed by atoms with Crippen LogP contribution in [0.25, 0.3) is 0 Å². The Morgan fingerprint density at radius 2 is 0.585 bits per heavy atom. The van der Waals surface area contributed by atoms with E-state index in [2.05, 4.69) is 34.6 Å². The van der Waals surface area contributed by atoms with Crippen molar-refractivity contribution in [2.75, 3.05) is 13.2 Å².